The number of halogens is 1. The molecule has 1 atom stereocenters. The van der Waals surface area contributed by atoms with Gasteiger partial charge in [-0.2, -0.15) is 5.26 Å². The summed E-state index contributed by atoms with van der Waals surface area (Å²) in [6.07, 6.45) is -0.752. The van der Waals surface area contributed by atoms with Gasteiger partial charge in [-0.15, -0.1) is 0 Å². The fraction of sp³-hybridized carbons (Fsp3) is 0.364. The maximum absolute atomic E-state index is 13.1. The van der Waals surface area contributed by atoms with Gasteiger partial charge in [0.2, 0.25) is 0 Å². The van der Waals surface area contributed by atoms with Crippen molar-refractivity contribution in [3.63, 3.8) is 0 Å². The molecule has 4 nitrogen and oxygen atoms in total. The second-order valence-corrected chi connectivity index (χ2v) is 3.40. The molecule has 0 aromatic heterocycles. The molecule has 0 aliphatic heterocycles. The Kier molecular flexibility index (Phi) is 4.70. The van der Waals surface area contributed by atoms with Crippen molar-refractivity contribution in [1.29, 1.82) is 5.26 Å². The first-order valence-corrected chi connectivity index (χ1v) is 4.85. The molecule has 1 unspecified atom stereocenters. The summed E-state index contributed by atoms with van der Waals surface area (Å²) in [7, 11) is 0. The third-order valence-corrected chi connectivity index (χ3v) is 1.99. The van der Waals surface area contributed by atoms with Crippen LogP contribution in [0.25, 0.3) is 0 Å². The van der Waals surface area contributed by atoms with E-state index in [9.17, 15) is 4.39 Å². The van der Waals surface area contributed by atoms with Crippen LogP contribution in [0.5, 0.6) is 0 Å². The van der Waals surface area contributed by atoms with Crippen molar-refractivity contribution in [3.8, 4) is 6.07 Å². The smallest absolute Gasteiger partial charge is 0.125 e. The Bertz CT molecular complexity index is 390. The molecule has 0 aliphatic rings. The standard InChI is InChI=1S/C11H13FN2O2/c12-9-3-8(1-2-13)4-10(5-9)14-6-11(16)7-15/h3-5,11,14-16H,1,6-7H2. The highest BCUT2D eigenvalue weighted by atomic mass is 19.1. The lowest BCUT2D eigenvalue weighted by molar-refractivity contribution is 0.105. The number of hydrogen-bond donors (Lipinski definition) is 3. The minimum Gasteiger partial charge on any atom is -0.394 e. The molecule has 1 aromatic rings. The molecular formula is C11H13FN2O2. The van der Waals surface area contributed by atoms with E-state index in [-0.39, 0.29) is 19.6 Å². The number of nitriles is 1. The van der Waals surface area contributed by atoms with E-state index in [2.05, 4.69) is 5.32 Å². The van der Waals surface area contributed by atoms with Gasteiger partial charge in [-0.05, 0) is 23.8 Å². The lowest BCUT2D eigenvalue weighted by Gasteiger charge is -2.11. The molecule has 0 amide bonds. The van der Waals surface area contributed by atoms with Crippen LogP contribution in [0, 0.1) is 17.1 Å². The minimum atomic E-state index is -0.886. The quantitative estimate of drug-likeness (QED) is 0.686. The van der Waals surface area contributed by atoms with Gasteiger partial charge in [0.25, 0.3) is 0 Å². The lowest BCUT2D eigenvalue weighted by atomic mass is 10.1. The van der Waals surface area contributed by atoms with Crippen LogP contribution in [-0.4, -0.2) is 29.5 Å². The number of benzene rings is 1. The van der Waals surface area contributed by atoms with Crippen molar-refractivity contribution < 1.29 is 14.6 Å². The molecule has 3 N–H and O–H groups in total. The molecule has 0 aliphatic carbocycles. The number of aliphatic hydroxyl groups is 2. The van der Waals surface area contributed by atoms with Crippen molar-refractivity contribution in [1.82, 2.24) is 0 Å². The van der Waals surface area contributed by atoms with E-state index < -0.39 is 11.9 Å². The predicted octanol–water partition coefficient (Wildman–Crippen LogP) is 0.657. The van der Waals surface area contributed by atoms with Crippen LogP contribution >= 0.6 is 0 Å². The lowest BCUT2D eigenvalue weighted by Crippen LogP contribution is -2.23. The summed E-state index contributed by atoms with van der Waals surface area (Å²) in [5.74, 6) is -0.436. The largest absolute Gasteiger partial charge is 0.394 e. The average molecular weight is 224 g/mol. The molecule has 16 heavy (non-hydrogen) atoms. The Morgan fingerprint density at radius 1 is 1.44 bits per heavy atom. The molecule has 1 aromatic carbocycles. The molecule has 0 radical (unpaired) electrons. The second-order valence-electron chi connectivity index (χ2n) is 3.40. The molecule has 1 rings (SSSR count). The maximum Gasteiger partial charge on any atom is 0.125 e. The Hall–Kier alpha value is -1.64. The van der Waals surface area contributed by atoms with Crippen molar-refractivity contribution in [3.05, 3.63) is 29.6 Å². The van der Waals surface area contributed by atoms with Crippen LogP contribution in [0.15, 0.2) is 18.2 Å². The van der Waals surface area contributed by atoms with Gasteiger partial charge in [0.05, 0.1) is 25.2 Å². The number of anilines is 1. The zero-order valence-electron chi connectivity index (χ0n) is 8.65. The fourth-order valence-corrected chi connectivity index (χ4v) is 1.25. The molecule has 0 fully saturated rings. The van der Waals surface area contributed by atoms with Crippen molar-refractivity contribution >= 4 is 5.69 Å². The van der Waals surface area contributed by atoms with E-state index in [1.54, 1.807) is 6.07 Å². The van der Waals surface area contributed by atoms with Gasteiger partial charge < -0.3 is 15.5 Å². The van der Waals surface area contributed by atoms with Crippen molar-refractivity contribution in [2.75, 3.05) is 18.5 Å². The van der Waals surface area contributed by atoms with Crippen molar-refractivity contribution in [2.24, 2.45) is 0 Å². The third kappa shape index (κ3) is 3.85. The molecular weight excluding hydrogens is 211 g/mol. The normalized spacial score (nSPS) is 11.9. The zero-order chi connectivity index (χ0) is 12.0. The van der Waals surface area contributed by atoms with E-state index >= 15 is 0 Å². The van der Waals surface area contributed by atoms with Gasteiger partial charge in [-0.3, -0.25) is 0 Å². The fourth-order valence-electron chi connectivity index (χ4n) is 1.25. The van der Waals surface area contributed by atoms with Crippen LogP contribution in [0.2, 0.25) is 0 Å². The SMILES string of the molecule is N#CCc1cc(F)cc(NCC(O)CO)c1. The topological polar surface area (TPSA) is 76.3 Å². The molecule has 0 heterocycles. The highest BCUT2D eigenvalue weighted by Gasteiger charge is 2.04. The van der Waals surface area contributed by atoms with Gasteiger partial charge >= 0.3 is 0 Å². The van der Waals surface area contributed by atoms with Gasteiger partial charge in [0, 0.05) is 12.2 Å². The van der Waals surface area contributed by atoms with Gasteiger partial charge in [0.1, 0.15) is 5.82 Å². The first-order valence-electron chi connectivity index (χ1n) is 4.85. The highest BCUT2D eigenvalue weighted by Crippen LogP contribution is 2.14. The first-order chi connectivity index (χ1) is 7.65. The molecule has 0 spiro atoms. The van der Waals surface area contributed by atoms with Gasteiger partial charge in [-0.25, -0.2) is 4.39 Å². The predicted molar refractivity (Wildman–Crippen MR) is 57.3 cm³/mol. The summed E-state index contributed by atoms with van der Waals surface area (Å²) < 4.78 is 13.1. The summed E-state index contributed by atoms with van der Waals surface area (Å²) in [5, 5.41) is 29.0. The van der Waals surface area contributed by atoms with E-state index in [1.807, 2.05) is 6.07 Å². The van der Waals surface area contributed by atoms with Crippen molar-refractivity contribution in [2.45, 2.75) is 12.5 Å². The second kappa shape index (κ2) is 6.05. The summed E-state index contributed by atoms with van der Waals surface area (Å²) in [6, 6.07) is 6.12. The Labute approximate surface area is 93.0 Å². The summed E-state index contributed by atoms with van der Waals surface area (Å²) in [4.78, 5) is 0. The summed E-state index contributed by atoms with van der Waals surface area (Å²) in [5.41, 5.74) is 1.06. The Morgan fingerprint density at radius 2 is 2.19 bits per heavy atom. The number of hydrogen-bond acceptors (Lipinski definition) is 4. The number of rotatable bonds is 5. The number of nitrogens with one attached hydrogen (secondary N) is 1. The molecule has 5 heteroatoms. The first kappa shape index (κ1) is 12.4. The minimum absolute atomic E-state index is 0.131. The highest BCUT2D eigenvalue weighted by molar-refractivity contribution is 5.46. The van der Waals surface area contributed by atoms with E-state index in [0.717, 1.165) is 0 Å². The molecule has 86 valence electrons. The number of nitrogens with zero attached hydrogens (tertiary/aromatic N) is 1. The third-order valence-electron chi connectivity index (χ3n) is 1.99. The van der Waals surface area contributed by atoms with Gasteiger partial charge in [-0.1, -0.05) is 0 Å². The van der Waals surface area contributed by atoms with Crippen LogP contribution < -0.4 is 5.32 Å². The van der Waals surface area contributed by atoms with E-state index in [1.165, 1.54) is 12.1 Å². The maximum atomic E-state index is 13.1. The van der Waals surface area contributed by atoms with Crippen LogP contribution in [-0.2, 0) is 6.42 Å². The summed E-state index contributed by atoms with van der Waals surface area (Å²) >= 11 is 0. The van der Waals surface area contributed by atoms with Crippen LogP contribution in [0.1, 0.15) is 5.56 Å². The zero-order valence-corrected chi connectivity index (χ0v) is 8.65. The molecule has 0 saturated heterocycles. The Balaban J connectivity index is 2.69. The molecule has 0 saturated carbocycles. The van der Waals surface area contributed by atoms with Crippen LogP contribution in [0.3, 0.4) is 0 Å². The molecule has 0 bridgehead atoms. The van der Waals surface area contributed by atoms with E-state index in [0.29, 0.717) is 11.3 Å². The average Bonchev–Trinajstić information content (AvgIpc) is 2.25. The van der Waals surface area contributed by atoms with Crippen LogP contribution in [0.4, 0.5) is 10.1 Å². The van der Waals surface area contributed by atoms with E-state index in [4.69, 9.17) is 15.5 Å². The van der Waals surface area contributed by atoms with Gasteiger partial charge in [0.15, 0.2) is 0 Å². The number of aliphatic hydroxyl groups excluding tert-OH is 2. The monoisotopic (exact) mass is 224 g/mol. The Morgan fingerprint density at radius 3 is 2.81 bits per heavy atom. The summed E-state index contributed by atoms with van der Waals surface area (Å²) in [6.45, 7) is -0.223.